The number of carboxylic acids is 1. The summed E-state index contributed by atoms with van der Waals surface area (Å²) in [5, 5.41) is 38.7. The van der Waals surface area contributed by atoms with Gasteiger partial charge in [0.05, 0.1) is 31.2 Å². The van der Waals surface area contributed by atoms with E-state index < -0.39 is 45.6 Å². The Morgan fingerprint density at radius 2 is 2.05 bits per heavy atom. The largest absolute Gasteiger partial charge is 0.481 e. The van der Waals surface area contributed by atoms with E-state index in [1.807, 2.05) is 0 Å². The van der Waals surface area contributed by atoms with E-state index in [2.05, 4.69) is 41.4 Å². The molecule has 0 aromatic carbocycles. The molecule has 3 fully saturated rings. The van der Waals surface area contributed by atoms with E-state index in [1.165, 1.54) is 11.6 Å². The predicted molar refractivity (Wildman–Crippen MR) is 150 cm³/mol. The molecule has 2 atom stereocenters. The molecule has 0 spiro atoms. The molecule has 5 rings (SSSR count). The Kier molecular flexibility index (Phi) is 8.31. The molecule has 21 heteroatoms. The number of anilines is 1. The smallest absolute Gasteiger partial charge is 0.362 e. The van der Waals surface area contributed by atoms with Crippen LogP contribution in [0.1, 0.15) is 24.2 Å². The number of β-lactam (4-membered cyclic amide) rings is 1. The second-order valence-corrected chi connectivity index (χ2v) is 12.7. The number of aliphatic carboxylic acids is 1. The number of nitrogens with two attached hydrogens (primary N) is 1. The van der Waals surface area contributed by atoms with Gasteiger partial charge in [0.1, 0.15) is 29.2 Å². The zero-order valence-electron chi connectivity index (χ0n) is 22.6. The third kappa shape index (κ3) is 6.73. The molecular formula is C22H30N12O7S2. The maximum Gasteiger partial charge on any atom is 0.362 e. The summed E-state index contributed by atoms with van der Waals surface area (Å²) >= 11 is 1.02. The van der Waals surface area contributed by atoms with Crippen molar-refractivity contribution in [3.8, 4) is 0 Å². The molecule has 0 bridgehead atoms. The van der Waals surface area contributed by atoms with Crippen molar-refractivity contribution in [1.82, 2.24) is 45.6 Å². The fraction of sp³-hybridized carbons (Fsp3) is 0.545. The number of thiazole rings is 1. The van der Waals surface area contributed by atoms with Crippen molar-refractivity contribution in [2.24, 2.45) is 16.3 Å². The van der Waals surface area contributed by atoms with Crippen LogP contribution in [0.4, 0.5) is 5.13 Å². The number of nitrogen functional groups attached to an aromatic ring is 1. The molecule has 1 saturated carbocycles. The highest BCUT2D eigenvalue weighted by atomic mass is 32.2. The number of nitrogens with zero attached hydrogens (tertiary/aromatic N) is 6. The minimum atomic E-state index is -4.99. The molecule has 2 aliphatic heterocycles. The summed E-state index contributed by atoms with van der Waals surface area (Å²) < 4.78 is 33.8. The Bertz CT molecular complexity index is 1560. The Balaban J connectivity index is 1.26. The number of rotatable bonds is 13. The van der Waals surface area contributed by atoms with Crippen LogP contribution in [0.3, 0.4) is 0 Å². The first kappa shape index (κ1) is 30.3. The second-order valence-electron chi connectivity index (χ2n) is 10.5. The highest BCUT2D eigenvalue weighted by molar-refractivity contribution is 7.84. The van der Waals surface area contributed by atoms with Gasteiger partial charge in [-0.2, -0.15) is 23.4 Å². The number of aliphatic imine (C=N–C) groups is 1. The van der Waals surface area contributed by atoms with Crippen molar-refractivity contribution in [2.45, 2.75) is 38.0 Å². The highest BCUT2D eigenvalue weighted by Gasteiger charge is 2.55. The zero-order chi connectivity index (χ0) is 30.9. The number of guanidine groups is 1. The summed E-state index contributed by atoms with van der Waals surface area (Å²) in [6, 6.07) is -2.72. The summed E-state index contributed by atoms with van der Waals surface area (Å²) in [6.07, 6.45) is 2.16. The predicted octanol–water partition coefficient (Wildman–Crippen LogP) is -3.00. The fourth-order valence-electron chi connectivity index (χ4n) is 4.49. The van der Waals surface area contributed by atoms with Crippen LogP contribution in [0.15, 0.2) is 16.6 Å². The van der Waals surface area contributed by atoms with Gasteiger partial charge in [0.15, 0.2) is 11.1 Å². The maximum absolute atomic E-state index is 13.3. The number of carbonyl (C=O) groups is 3. The summed E-state index contributed by atoms with van der Waals surface area (Å²) in [5.41, 5.74) is 4.81. The maximum atomic E-state index is 13.3. The van der Waals surface area contributed by atoms with Gasteiger partial charge in [-0.25, -0.2) is 9.29 Å². The first-order valence-electron chi connectivity index (χ1n) is 13.1. The van der Waals surface area contributed by atoms with E-state index in [-0.39, 0.29) is 46.4 Å². The lowest BCUT2D eigenvalue weighted by atomic mass is 9.98. The number of nitrogens with one attached hydrogen (secondary N) is 5. The van der Waals surface area contributed by atoms with E-state index in [4.69, 9.17) is 11.1 Å². The average molecular weight is 639 g/mol. The molecule has 2 amide bonds. The summed E-state index contributed by atoms with van der Waals surface area (Å²) in [4.78, 5) is 47.0. The number of hydrogen-bond donors (Lipinski definition) is 8. The first-order chi connectivity index (χ1) is 20.4. The normalized spacial score (nSPS) is 21.5. The average Bonchev–Trinajstić information content (AvgIpc) is 3.37. The summed E-state index contributed by atoms with van der Waals surface area (Å²) in [6.45, 7) is 2.02. The van der Waals surface area contributed by atoms with Gasteiger partial charge in [-0.1, -0.05) is 0 Å². The van der Waals surface area contributed by atoms with Crippen molar-refractivity contribution in [1.29, 1.82) is 5.41 Å². The van der Waals surface area contributed by atoms with Crippen LogP contribution < -0.4 is 27.0 Å². The molecule has 2 saturated heterocycles. The topological polar surface area (TPSA) is 283 Å². The van der Waals surface area contributed by atoms with Crippen LogP contribution in [0.2, 0.25) is 0 Å². The quantitative estimate of drug-likeness (QED) is 0.0470. The minimum absolute atomic E-state index is 0.0615. The molecule has 9 N–H and O–H groups in total. The van der Waals surface area contributed by atoms with Crippen molar-refractivity contribution in [3.63, 3.8) is 0 Å². The number of hydrogen-bond acceptors (Lipinski definition) is 13. The van der Waals surface area contributed by atoms with E-state index in [0.29, 0.717) is 31.0 Å². The van der Waals surface area contributed by atoms with Crippen molar-refractivity contribution in [3.05, 3.63) is 23.0 Å². The highest BCUT2D eigenvalue weighted by Crippen LogP contribution is 2.46. The summed E-state index contributed by atoms with van der Waals surface area (Å²) in [5.74, 6) is -2.51. The third-order valence-electron chi connectivity index (χ3n) is 7.35. The molecule has 0 unspecified atom stereocenters. The van der Waals surface area contributed by atoms with Gasteiger partial charge < -0.3 is 32.1 Å². The van der Waals surface area contributed by atoms with Crippen LogP contribution in [0.25, 0.3) is 0 Å². The molecule has 3 aliphatic rings. The lowest BCUT2D eigenvalue weighted by Crippen LogP contribution is -2.73. The van der Waals surface area contributed by atoms with Gasteiger partial charge in [0.25, 0.3) is 11.8 Å². The Labute approximate surface area is 248 Å². The van der Waals surface area contributed by atoms with Crippen LogP contribution >= 0.6 is 11.3 Å². The van der Waals surface area contributed by atoms with Crippen molar-refractivity contribution < 1.29 is 32.5 Å². The van der Waals surface area contributed by atoms with Gasteiger partial charge in [0, 0.05) is 30.9 Å². The molecule has 2 aromatic heterocycles. The van der Waals surface area contributed by atoms with Gasteiger partial charge in [-0.05, 0) is 12.8 Å². The van der Waals surface area contributed by atoms with Crippen LogP contribution in [0, 0.1) is 16.7 Å². The number of amides is 2. The lowest BCUT2D eigenvalue weighted by molar-refractivity contribution is -0.145. The van der Waals surface area contributed by atoms with E-state index in [9.17, 15) is 32.5 Å². The fourth-order valence-corrected chi connectivity index (χ4v) is 5.91. The van der Waals surface area contributed by atoms with Crippen LogP contribution in [-0.4, -0.2) is 110 Å². The summed E-state index contributed by atoms with van der Waals surface area (Å²) in [7, 11) is -4.99. The minimum Gasteiger partial charge on any atom is -0.481 e. The molecule has 0 radical (unpaired) electrons. The zero-order valence-corrected chi connectivity index (χ0v) is 24.2. The van der Waals surface area contributed by atoms with Crippen molar-refractivity contribution in [2.75, 3.05) is 31.9 Å². The van der Waals surface area contributed by atoms with Crippen LogP contribution in [0.5, 0.6) is 0 Å². The molecular weight excluding hydrogens is 608 g/mol. The monoisotopic (exact) mass is 638 g/mol. The Morgan fingerprint density at radius 3 is 2.63 bits per heavy atom. The third-order valence-corrected chi connectivity index (χ3v) is 8.97. The molecule has 43 heavy (non-hydrogen) atoms. The van der Waals surface area contributed by atoms with Gasteiger partial charge >= 0.3 is 16.3 Å². The molecule has 2 aromatic rings. The van der Waals surface area contributed by atoms with Gasteiger partial charge in [0.2, 0.25) is 0 Å². The van der Waals surface area contributed by atoms with Gasteiger partial charge in [-0.3, -0.25) is 29.3 Å². The standard InChI is InChI=1S/C22H30N12O7S2/c23-20(26-5-11-3-25-4-11)27-6-12-7-29-33(32-12)8-14-16(18(36)34(14)43(39,40)41)31-17(35)15(13-9-42-21(24)30-13)28-10-22(1-2-22)19(37)38/h7,9,11,14,16,25H,1-6,8,10H2,(H2,24,30)(H,31,35)(H,37,38)(H3,23,26,27)(H,39,40,41)/b28-15-/t14-,16+/m1/s1. The van der Waals surface area contributed by atoms with Crippen molar-refractivity contribution >= 4 is 56.2 Å². The number of carbonyl (C=O) groups excluding carboxylic acids is 2. The SMILES string of the molecule is N=C(NCc1cnn(C[C@@H]2[C@H](NC(=O)/C(=N\CC3(C(=O)O)CC3)c3csc(N)n3)C(=O)N2S(=O)(=O)O)n1)NCC1CNC1. The molecule has 4 heterocycles. The molecule has 1 aliphatic carbocycles. The second kappa shape index (κ2) is 11.8. The van der Waals surface area contributed by atoms with E-state index in [1.54, 1.807) is 0 Å². The van der Waals surface area contributed by atoms with Gasteiger partial charge in [-0.15, -0.1) is 11.3 Å². The molecule has 19 nitrogen and oxygen atoms in total. The van der Waals surface area contributed by atoms with E-state index in [0.717, 1.165) is 29.2 Å². The Morgan fingerprint density at radius 1 is 1.30 bits per heavy atom. The lowest BCUT2D eigenvalue weighted by Gasteiger charge is -2.43. The first-order valence-corrected chi connectivity index (χ1v) is 15.4. The van der Waals surface area contributed by atoms with Crippen LogP contribution in [-0.2, 0) is 37.8 Å². The number of carboxylic acid groups (broad SMARTS) is 1. The Hall–Kier alpha value is -4.21. The van der Waals surface area contributed by atoms with E-state index >= 15 is 0 Å². The molecule has 232 valence electrons. The number of aromatic nitrogens is 4.